The van der Waals surface area contributed by atoms with Crippen LogP contribution in [0.3, 0.4) is 0 Å². The fourth-order valence-corrected chi connectivity index (χ4v) is 3.93. The lowest BCUT2D eigenvalue weighted by Crippen LogP contribution is -2.08. The summed E-state index contributed by atoms with van der Waals surface area (Å²) in [7, 11) is 0. The second-order valence-electron chi connectivity index (χ2n) is 8.42. The third-order valence-electron chi connectivity index (χ3n) is 5.67. The molecule has 0 spiro atoms. The molecular formula is C30H31NO3. The van der Waals surface area contributed by atoms with Gasteiger partial charge in [0.15, 0.2) is 0 Å². The van der Waals surface area contributed by atoms with Crippen LogP contribution in [0.25, 0.3) is 6.08 Å². The van der Waals surface area contributed by atoms with Crippen LogP contribution in [0.4, 0.5) is 0 Å². The molecule has 4 heteroatoms. The highest BCUT2D eigenvalue weighted by Gasteiger charge is 2.12. The molecule has 3 aromatic carbocycles. The zero-order valence-corrected chi connectivity index (χ0v) is 19.4. The number of nitrogens with zero attached hydrogens (tertiary/aromatic N) is 1. The molecule has 174 valence electrons. The van der Waals surface area contributed by atoms with Crippen molar-refractivity contribution in [2.24, 2.45) is 5.92 Å². The smallest absolute Gasteiger partial charge is 0.303 e. The molecule has 3 rings (SSSR count). The Morgan fingerprint density at radius 2 is 1.71 bits per heavy atom. The number of benzene rings is 3. The van der Waals surface area contributed by atoms with Gasteiger partial charge >= 0.3 is 5.97 Å². The van der Waals surface area contributed by atoms with Gasteiger partial charge in [0.05, 0.1) is 24.7 Å². The maximum Gasteiger partial charge on any atom is 0.303 e. The minimum Gasteiger partial charge on any atom is -0.493 e. The molecule has 0 fully saturated rings. The number of allylic oxidation sites excluding steroid dienone is 1. The molecule has 0 bridgehead atoms. The number of unbranched alkanes of at least 4 members (excludes halogenated alkanes) is 2. The monoisotopic (exact) mass is 453 g/mol. The van der Waals surface area contributed by atoms with Crippen LogP contribution >= 0.6 is 0 Å². The van der Waals surface area contributed by atoms with Crippen molar-refractivity contribution in [2.75, 3.05) is 6.61 Å². The number of nitriles is 1. The van der Waals surface area contributed by atoms with E-state index in [1.165, 1.54) is 5.56 Å². The molecule has 0 radical (unpaired) electrons. The summed E-state index contributed by atoms with van der Waals surface area (Å²) in [5, 5.41) is 18.5. The van der Waals surface area contributed by atoms with Gasteiger partial charge in [0, 0.05) is 5.56 Å². The van der Waals surface area contributed by atoms with Gasteiger partial charge in [-0.3, -0.25) is 4.79 Å². The van der Waals surface area contributed by atoms with E-state index < -0.39 is 5.97 Å². The van der Waals surface area contributed by atoms with Crippen LogP contribution < -0.4 is 4.74 Å². The van der Waals surface area contributed by atoms with Crippen LogP contribution in [0.15, 0.2) is 84.9 Å². The summed E-state index contributed by atoms with van der Waals surface area (Å²) in [6.07, 6.45) is 8.79. The largest absolute Gasteiger partial charge is 0.493 e. The fraction of sp³-hybridized carbons (Fsp3) is 0.267. The fourth-order valence-electron chi connectivity index (χ4n) is 3.93. The van der Waals surface area contributed by atoms with Crippen molar-refractivity contribution in [3.63, 3.8) is 0 Å². The van der Waals surface area contributed by atoms with Crippen LogP contribution in [0.5, 0.6) is 5.75 Å². The minimum atomic E-state index is -0.842. The van der Waals surface area contributed by atoms with E-state index in [0.717, 1.165) is 42.6 Å². The Morgan fingerprint density at radius 3 is 2.50 bits per heavy atom. The topological polar surface area (TPSA) is 70.3 Å². The first-order chi connectivity index (χ1) is 16.6. The molecule has 34 heavy (non-hydrogen) atoms. The summed E-state index contributed by atoms with van der Waals surface area (Å²) in [5.41, 5.74) is 3.84. The number of aliphatic carboxylic acids is 1. The van der Waals surface area contributed by atoms with Crippen LogP contribution in [0.1, 0.15) is 47.9 Å². The predicted octanol–water partition coefficient (Wildman–Crippen LogP) is 6.70. The van der Waals surface area contributed by atoms with Gasteiger partial charge in [-0.05, 0) is 67.3 Å². The van der Waals surface area contributed by atoms with Crippen LogP contribution in [0, 0.1) is 17.2 Å². The van der Waals surface area contributed by atoms with Crippen molar-refractivity contribution in [1.82, 2.24) is 0 Å². The summed E-state index contributed by atoms with van der Waals surface area (Å²) in [6.45, 7) is 0.652. The zero-order valence-electron chi connectivity index (χ0n) is 19.4. The number of aryl methyl sites for hydroxylation is 1. The van der Waals surface area contributed by atoms with E-state index in [1.54, 1.807) is 6.07 Å². The number of ether oxygens (including phenoxy) is 1. The molecule has 1 atom stereocenters. The van der Waals surface area contributed by atoms with E-state index in [2.05, 4.69) is 30.3 Å². The maximum absolute atomic E-state index is 11.4. The standard InChI is InChI=1S/C30H31NO3/c31-23-27-14-9-13-25(21-27)20-26(22-30(32)33)17-18-28-15-6-7-16-29(28)34-19-8-2-5-12-24-10-3-1-4-11-24/h1,3-4,6-7,9-11,13-18,21,26H,2,5,8,12,19-20,22H2,(H,32,33). The molecule has 0 aromatic heterocycles. The number of hydrogen-bond acceptors (Lipinski definition) is 3. The van der Waals surface area contributed by atoms with Gasteiger partial charge in [-0.15, -0.1) is 0 Å². The van der Waals surface area contributed by atoms with Gasteiger partial charge in [0.1, 0.15) is 5.75 Å². The molecule has 4 nitrogen and oxygen atoms in total. The number of rotatable bonds is 13. The van der Waals surface area contributed by atoms with Crippen molar-refractivity contribution in [1.29, 1.82) is 5.26 Å². The average molecular weight is 454 g/mol. The van der Waals surface area contributed by atoms with Crippen LogP contribution in [0.2, 0.25) is 0 Å². The lowest BCUT2D eigenvalue weighted by Gasteiger charge is -2.12. The second-order valence-corrected chi connectivity index (χ2v) is 8.42. The quantitative estimate of drug-likeness (QED) is 0.292. The molecule has 0 aliphatic heterocycles. The van der Waals surface area contributed by atoms with Gasteiger partial charge in [-0.1, -0.05) is 72.8 Å². The molecular weight excluding hydrogens is 422 g/mol. The first-order valence-electron chi connectivity index (χ1n) is 11.8. The van der Waals surface area contributed by atoms with Gasteiger partial charge in [0.2, 0.25) is 0 Å². The Labute approximate surface area is 202 Å². The van der Waals surface area contributed by atoms with Gasteiger partial charge < -0.3 is 9.84 Å². The number of hydrogen-bond donors (Lipinski definition) is 1. The van der Waals surface area contributed by atoms with Gasteiger partial charge in [-0.2, -0.15) is 5.26 Å². The molecule has 3 aromatic rings. The minimum absolute atomic E-state index is 0.0255. The molecule has 0 heterocycles. The number of carboxylic acids is 1. The van der Waals surface area contributed by atoms with Crippen molar-refractivity contribution >= 4 is 12.0 Å². The molecule has 0 aliphatic carbocycles. The Morgan fingerprint density at radius 1 is 0.941 bits per heavy atom. The van der Waals surface area contributed by atoms with E-state index in [1.807, 2.05) is 60.7 Å². The number of carbonyl (C=O) groups is 1. The Hall–Kier alpha value is -3.84. The summed E-state index contributed by atoms with van der Waals surface area (Å²) < 4.78 is 6.05. The Balaban J connectivity index is 1.55. The average Bonchev–Trinajstić information content (AvgIpc) is 2.85. The third kappa shape index (κ3) is 8.60. The molecule has 0 saturated heterocycles. The van der Waals surface area contributed by atoms with E-state index in [0.29, 0.717) is 18.6 Å². The lowest BCUT2D eigenvalue weighted by molar-refractivity contribution is -0.137. The van der Waals surface area contributed by atoms with Crippen molar-refractivity contribution in [3.8, 4) is 11.8 Å². The summed E-state index contributed by atoms with van der Waals surface area (Å²) >= 11 is 0. The normalized spacial score (nSPS) is 11.7. The number of carboxylic acid groups (broad SMARTS) is 1. The summed E-state index contributed by atoms with van der Waals surface area (Å²) in [4.78, 5) is 11.4. The van der Waals surface area contributed by atoms with Crippen molar-refractivity contribution < 1.29 is 14.6 Å². The van der Waals surface area contributed by atoms with Gasteiger partial charge in [0.25, 0.3) is 0 Å². The third-order valence-corrected chi connectivity index (χ3v) is 5.67. The predicted molar refractivity (Wildman–Crippen MR) is 136 cm³/mol. The van der Waals surface area contributed by atoms with Crippen LogP contribution in [-0.2, 0) is 17.6 Å². The van der Waals surface area contributed by atoms with E-state index in [9.17, 15) is 9.90 Å². The second kappa shape index (κ2) is 13.6. The molecule has 1 N–H and O–H groups in total. The van der Waals surface area contributed by atoms with E-state index >= 15 is 0 Å². The van der Waals surface area contributed by atoms with Crippen molar-refractivity contribution in [3.05, 3.63) is 107 Å². The maximum atomic E-state index is 11.4. The highest BCUT2D eigenvalue weighted by Crippen LogP contribution is 2.23. The molecule has 0 amide bonds. The highest BCUT2D eigenvalue weighted by molar-refractivity contribution is 5.68. The van der Waals surface area contributed by atoms with E-state index in [-0.39, 0.29) is 12.3 Å². The first-order valence-corrected chi connectivity index (χ1v) is 11.8. The highest BCUT2D eigenvalue weighted by atomic mass is 16.5. The zero-order chi connectivity index (χ0) is 24.0. The lowest BCUT2D eigenvalue weighted by atomic mass is 9.94. The SMILES string of the molecule is N#Cc1cccc(CC(C=Cc2ccccc2OCCCCCc2ccccc2)CC(=O)O)c1. The number of para-hydroxylation sites is 1. The molecule has 1 unspecified atom stereocenters. The summed E-state index contributed by atoms with van der Waals surface area (Å²) in [5.74, 6) is -0.217. The Kier molecular flexibility index (Phi) is 9.95. The molecule has 0 aliphatic rings. The first kappa shape index (κ1) is 24.8. The Bertz CT molecular complexity index is 1120. The molecule has 0 saturated carbocycles. The van der Waals surface area contributed by atoms with Crippen molar-refractivity contribution in [2.45, 2.75) is 38.5 Å². The summed E-state index contributed by atoms with van der Waals surface area (Å²) in [6, 6.07) is 27.8. The van der Waals surface area contributed by atoms with Crippen LogP contribution in [-0.4, -0.2) is 17.7 Å². The van der Waals surface area contributed by atoms with Gasteiger partial charge in [-0.25, -0.2) is 0 Å². The van der Waals surface area contributed by atoms with E-state index in [4.69, 9.17) is 10.00 Å².